The second-order valence-corrected chi connectivity index (χ2v) is 6.24. The molecule has 2 atom stereocenters. The van der Waals surface area contributed by atoms with Gasteiger partial charge < -0.3 is 11.1 Å². The number of nitrogens with one attached hydrogen (secondary N) is 1. The first-order chi connectivity index (χ1) is 11.7. The van der Waals surface area contributed by atoms with Crippen LogP contribution < -0.4 is 11.1 Å². The number of hydrogen-bond acceptors (Lipinski definition) is 5. The summed E-state index contributed by atoms with van der Waals surface area (Å²) in [6.45, 7) is 1.67. The average Bonchev–Trinajstić information content (AvgIpc) is 2.61. The lowest BCUT2D eigenvalue weighted by Gasteiger charge is -2.39. The molecule has 1 fully saturated rings. The highest BCUT2D eigenvalue weighted by molar-refractivity contribution is 5.96. The van der Waals surface area contributed by atoms with E-state index in [2.05, 4.69) is 51.5 Å². The maximum absolute atomic E-state index is 12.3. The Morgan fingerprint density at radius 2 is 2.04 bits per heavy atom. The number of likely N-dealkylation sites (tertiary alicyclic amines) is 1. The minimum absolute atomic E-state index is 0.162. The Bertz CT molecular complexity index is 691. The maximum Gasteiger partial charge on any atom is 0.273 e. The molecule has 6 nitrogen and oxygen atoms in total. The molecule has 24 heavy (non-hydrogen) atoms. The van der Waals surface area contributed by atoms with Crippen molar-refractivity contribution in [2.45, 2.75) is 18.9 Å². The Hall–Kier alpha value is -2.47. The van der Waals surface area contributed by atoms with E-state index in [1.165, 1.54) is 18.0 Å². The molecule has 1 aromatic heterocycles. The topological polar surface area (TPSA) is 84.1 Å². The fraction of sp³-hybridized carbons (Fsp3) is 0.389. The van der Waals surface area contributed by atoms with E-state index in [-0.39, 0.29) is 17.4 Å². The lowest BCUT2D eigenvalue weighted by Crippen LogP contribution is -2.42. The van der Waals surface area contributed by atoms with Gasteiger partial charge in [-0.2, -0.15) is 0 Å². The van der Waals surface area contributed by atoms with Gasteiger partial charge in [0.2, 0.25) is 0 Å². The molecule has 1 aliphatic rings. The van der Waals surface area contributed by atoms with Crippen molar-refractivity contribution in [3.05, 3.63) is 54.0 Å². The van der Waals surface area contributed by atoms with Crippen LogP contribution >= 0.6 is 0 Å². The normalized spacial score (nSPS) is 21.4. The molecule has 3 rings (SSSR count). The van der Waals surface area contributed by atoms with Crippen LogP contribution in [-0.2, 0) is 0 Å². The quantitative estimate of drug-likeness (QED) is 0.896. The van der Waals surface area contributed by atoms with Crippen LogP contribution in [-0.4, -0.2) is 40.9 Å². The van der Waals surface area contributed by atoms with Crippen LogP contribution in [0.25, 0.3) is 0 Å². The van der Waals surface area contributed by atoms with Gasteiger partial charge >= 0.3 is 0 Å². The summed E-state index contributed by atoms with van der Waals surface area (Å²) in [6.07, 6.45) is 5.17. The molecule has 0 spiro atoms. The zero-order valence-corrected chi connectivity index (χ0v) is 13.9. The summed E-state index contributed by atoms with van der Waals surface area (Å²) in [4.78, 5) is 22.6. The van der Waals surface area contributed by atoms with Gasteiger partial charge in [-0.05, 0) is 37.9 Å². The van der Waals surface area contributed by atoms with E-state index < -0.39 is 0 Å². The van der Waals surface area contributed by atoms with E-state index in [0.717, 1.165) is 19.4 Å². The first kappa shape index (κ1) is 16.4. The van der Waals surface area contributed by atoms with Gasteiger partial charge in [0.25, 0.3) is 5.91 Å². The van der Waals surface area contributed by atoms with E-state index in [9.17, 15) is 4.79 Å². The van der Waals surface area contributed by atoms with Crippen molar-refractivity contribution in [2.75, 3.05) is 25.9 Å². The van der Waals surface area contributed by atoms with Crippen LogP contribution in [0.4, 0.5) is 5.82 Å². The molecule has 0 saturated carbocycles. The number of rotatable bonds is 4. The molecule has 0 unspecified atom stereocenters. The number of amides is 1. The Balaban J connectivity index is 1.71. The van der Waals surface area contributed by atoms with Crippen molar-refractivity contribution >= 4 is 11.7 Å². The van der Waals surface area contributed by atoms with Gasteiger partial charge in [0.1, 0.15) is 0 Å². The second-order valence-electron chi connectivity index (χ2n) is 6.24. The highest BCUT2D eigenvalue weighted by Crippen LogP contribution is 2.34. The summed E-state index contributed by atoms with van der Waals surface area (Å²) >= 11 is 0. The summed E-state index contributed by atoms with van der Waals surface area (Å²) in [5.41, 5.74) is 7.21. The number of carbonyl (C=O) groups is 1. The molecule has 2 aromatic rings. The number of benzene rings is 1. The summed E-state index contributed by atoms with van der Waals surface area (Å²) in [6, 6.07) is 10.8. The smallest absolute Gasteiger partial charge is 0.273 e. The fourth-order valence-corrected chi connectivity index (χ4v) is 3.48. The van der Waals surface area contributed by atoms with Crippen molar-refractivity contribution in [3.8, 4) is 0 Å². The highest BCUT2D eigenvalue weighted by Gasteiger charge is 2.30. The Morgan fingerprint density at radius 1 is 1.29 bits per heavy atom. The van der Waals surface area contributed by atoms with Crippen LogP contribution in [0, 0.1) is 5.92 Å². The molecule has 2 heterocycles. The van der Waals surface area contributed by atoms with Crippen LogP contribution in [0.3, 0.4) is 0 Å². The number of nitrogens with zero attached hydrogens (tertiary/aromatic N) is 3. The summed E-state index contributed by atoms with van der Waals surface area (Å²) in [7, 11) is 2.15. The molecule has 1 amide bonds. The Labute approximate surface area is 142 Å². The molecule has 1 saturated heterocycles. The standard InChI is InChI=1S/C18H23N5O/c1-23-11-5-8-14(16(23)13-6-3-2-4-7-13)12-22-18(24)15-17(19)21-10-9-20-15/h2-4,6-7,9-10,14,16H,5,8,11-12H2,1H3,(H2,19,21)(H,22,24)/t14-,16+/m0/s1. The molecule has 6 heteroatoms. The van der Waals surface area contributed by atoms with Gasteiger partial charge in [-0.15, -0.1) is 0 Å². The molecular weight excluding hydrogens is 302 g/mol. The van der Waals surface area contributed by atoms with E-state index in [1.807, 2.05) is 6.07 Å². The summed E-state index contributed by atoms with van der Waals surface area (Å²) < 4.78 is 0. The number of carbonyl (C=O) groups excluding carboxylic acids is 1. The van der Waals surface area contributed by atoms with E-state index >= 15 is 0 Å². The number of nitrogen functional groups attached to an aromatic ring is 1. The lowest BCUT2D eigenvalue weighted by atomic mass is 9.85. The SMILES string of the molecule is CN1CCC[C@@H](CNC(=O)c2nccnc2N)[C@H]1c1ccccc1. The van der Waals surface area contributed by atoms with Crippen molar-refractivity contribution in [2.24, 2.45) is 5.92 Å². The third-order valence-electron chi connectivity index (χ3n) is 4.61. The zero-order valence-electron chi connectivity index (χ0n) is 13.9. The van der Waals surface area contributed by atoms with E-state index in [1.54, 1.807) is 0 Å². The predicted octanol–water partition coefficient (Wildman–Crippen LogP) is 1.87. The van der Waals surface area contributed by atoms with Gasteiger partial charge in [0.15, 0.2) is 11.5 Å². The van der Waals surface area contributed by atoms with E-state index in [4.69, 9.17) is 5.73 Å². The van der Waals surface area contributed by atoms with Crippen molar-refractivity contribution in [1.29, 1.82) is 0 Å². The molecular formula is C18H23N5O. The summed E-state index contributed by atoms with van der Waals surface area (Å²) in [5.74, 6) is 0.254. The van der Waals surface area contributed by atoms with Crippen molar-refractivity contribution < 1.29 is 4.79 Å². The minimum Gasteiger partial charge on any atom is -0.382 e. The average molecular weight is 325 g/mol. The number of nitrogens with two attached hydrogens (primary N) is 1. The lowest BCUT2D eigenvalue weighted by molar-refractivity contribution is 0.0887. The number of hydrogen-bond donors (Lipinski definition) is 2. The molecule has 1 aromatic carbocycles. The van der Waals surface area contributed by atoms with Gasteiger partial charge in [-0.3, -0.25) is 9.69 Å². The molecule has 1 aliphatic heterocycles. The van der Waals surface area contributed by atoms with Gasteiger partial charge in [-0.1, -0.05) is 30.3 Å². The number of anilines is 1. The van der Waals surface area contributed by atoms with Gasteiger partial charge in [0.05, 0.1) is 0 Å². The Morgan fingerprint density at radius 3 is 2.79 bits per heavy atom. The molecule has 0 aliphatic carbocycles. The van der Waals surface area contributed by atoms with Crippen LogP contribution in [0.2, 0.25) is 0 Å². The number of piperidine rings is 1. The second kappa shape index (κ2) is 7.40. The van der Waals surface area contributed by atoms with E-state index in [0.29, 0.717) is 18.5 Å². The third-order valence-corrected chi connectivity index (χ3v) is 4.61. The third kappa shape index (κ3) is 3.54. The molecule has 3 N–H and O–H groups in total. The fourth-order valence-electron chi connectivity index (χ4n) is 3.48. The monoisotopic (exact) mass is 325 g/mol. The predicted molar refractivity (Wildman–Crippen MR) is 93.3 cm³/mol. The van der Waals surface area contributed by atoms with Crippen LogP contribution in [0.5, 0.6) is 0 Å². The first-order valence-corrected chi connectivity index (χ1v) is 8.26. The molecule has 0 bridgehead atoms. The Kier molecular flexibility index (Phi) is 5.05. The van der Waals surface area contributed by atoms with Crippen molar-refractivity contribution in [1.82, 2.24) is 20.2 Å². The minimum atomic E-state index is -0.263. The first-order valence-electron chi connectivity index (χ1n) is 8.26. The van der Waals surface area contributed by atoms with Crippen molar-refractivity contribution in [3.63, 3.8) is 0 Å². The zero-order chi connectivity index (χ0) is 16.9. The largest absolute Gasteiger partial charge is 0.382 e. The highest BCUT2D eigenvalue weighted by atomic mass is 16.1. The van der Waals surface area contributed by atoms with Gasteiger partial charge in [0, 0.05) is 25.0 Å². The maximum atomic E-state index is 12.3. The summed E-state index contributed by atoms with van der Waals surface area (Å²) in [5, 5.41) is 2.98. The van der Waals surface area contributed by atoms with Gasteiger partial charge in [-0.25, -0.2) is 9.97 Å². The number of aromatic nitrogens is 2. The van der Waals surface area contributed by atoms with Crippen LogP contribution in [0.1, 0.15) is 34.9 Å². The molecule has 0 radical (unpaired) electrons. The van der Waals surface area contributed by atoms with Crippen LogP contribution in [0.15, 0.2) is 42.7 Å². The molecule has 126 valence electrons.